The van der Waals surface area contributed by atoms with Crippen molar-refractivity contribution in [3.63, 3.8) is 0 Å². The molecule has 4 atom stereocenters. The van der Waals surface area contributed by atoms with Crippen molar-refractivity contribution in [2.24, 2.45) is 17.8 Å². The number of piperidine rings is 1. The molecule has 2 saturated heterocycles. The van der Waals surface area contributed by atoms with Crippen molar-refractivity contribution in [2.75, 3.05) is 29.4 Å². The molecular formula is C20H31N5O2S. The molecule has 8 heteroatoms. The van der Waals surface area contributed by atoms with Gasteiger partial charge in [0.15, 0.2) is 0 Å². The molecule has 1 aliphatic carbocycles. The van der Waals surface area contributed by atoms with Crippen LogP contribution in [0.15, 0.2) is 0 Å². The second-order valence-corrected chi connectivity index (χ2v) is 9.62. The van der Waals surface area contributed by atoms with Crippen LogP contribution in [-0.2, 0) is 9.59 Å². The van der Waals surface area contributed by atoms with Crippen molar-refractivity contribution in [2.45, 2.75) is 64.8 Å². The lowest BCUT2D eigenvalue weighted by molar-refractivity contribution is -0.126. The Morgan fingerprint density at radius 1 is 1.07 bits per heavy atom. The lowest BCUT2D eigenvalue weighted by atomic mass is 9.78. The van der Waals surface area contributed by atoms with Crippen molar-refractivity contribution < 1.29 is 9.59 Å². The molecule has 154 valence electrons. The van der Waals surface area contributed by atoms with E-state index in [1.54, 1.807) is 4.90 Å². The third-order valence-corrected chi connectivity index (χ3v) is 7.81. The summed E-state index contributed by atoms with van der Waals surface area (Å²) in [5, 5.41) is 13.4. The fraction of sp³-hybridized carbons (Fsp3) is 0.800. The summed E-state index contributed by atoms with van der Waals surface area (Å²) >= 11 is 1.47. The van der Waals surface area contributed by atoms with Crippen molar-refractivity contribution >= 4 is 33.4 Å². The fourth-order valence-corrected chi connectivity index (χ4v) is 5.67. The van der Waals surface area contributed by atoms with Crippen LogP contribution in [0.25, 0.3) is 0 Å². The molecule has 0 spiro atoms. The van der Waals surface area contributed by atoms with E-state index >= 15 is 0 Å². The average Bonchev–Trinajstić information content (AvgIpc) is 3.34. The Morgan fingerprint density at radius 2 is 1.89 bits per heavy atom. The molecule has 28 heavy (non-hydrogen) atoms. The van der Waals surface area contributed by atoms with Crippen molar-refractivity contribution in [1.82, 2.24) is 15.5 Å². The highest BCUT2D eigenvalue weighted by Gasteiger charge is 2.33. The summed E-state index contributed by atoms with van der Waals surface area (Å²) in [5.41, 5.74) is 0. The Labute approximate surface area is 170 Å². The van der Waals surface area contributed by atoms with E-state index in [1.807, 2.05) is 0 Å². The van der Waals surface area contributed by atoms with Crippen LogP contribution in [0.2, 0.25) is 0 Å². The third-order valence-electron chi connectivity index (χ3n) is 6.81. The monoisotopic (exact) mass is 405 g/mol. The van der Waals surface area contributed by atoms with Gasteiger partial charge in [0.2, 0.25) is 22.1 Å². The summed E-state index contributed by atoms with van der Waals surface area (Å²) in [4.78, 5) is 28.8. The van der Waals surface area contributed by atoms with Crippen LogP contribution < -0.4 is 15.1 Å². The summed E-state index contributed by atoms with van der Waals surface area (Å²) in [6, 6.07) is 0.306. The predicted molar refractivity (Wildman–Crippen MR) is 111 cm³/mol. The maximum Gasteiger partial charge on any atom is 0.228 e. The SMILES string of the molecule is C[C@@H]1[C@H](C)CCC[C@@H]1NC(=O)[C@H]1CCCN(c2nnc(N3CCCC3=O)s2)C1. The molecule has 3 aliphatic rings. The van der Waals surface area contributed by atoms with Crippen LogP contribution in [-0.4, -0.2) is 47.7 Å². The quantitative estimate of drug-likeness (QED) is 0.833. The smallest absolute Gasteiger partial charge is 0.228 e. The molecule has 1 N–H and O–H groups in total. The first kappa shape index (κ1) is 19.6. The van der Waals surface area contributed by atoms with Gasteiger partial charge in [-0.1, -0.05) is 38.0 Å². The van der Waals surface area contributed by atoms with Gasteiger partial charge >= 0.3 is 0 Å². The van der Waals surface area contributed by atoms with Crippen LogP contribution >= 0.6 is 11.3 Å². The van der Waals surface area contributed by atoms with Crippen LogP contribution in [0.5, 0.6) is 0 Å². The van der Waals surface area contributed by atoms with Crippen molar-refractivity contribution in [1.29, 1.82) is 0 Å². The highest BCUT2D eigenvalue weighted by molar-refractivity contribution is 7.19. The number of carbonyl (C=O) groups excluding carboxylic acids is 2. The number of amides is 2. The number of hydrogen-bond donors (Lipinski definition) is 1. The number of nitrogens with zero attached hydrogens (tertiary/aromatic N) is 4. The fourth-order valence-electron chi connectivity index (χ4n) is 4.75. The average molecular weight is 406 g/mol. The zero-order valence-electron chi connectivity index (χ0n) is 16.9. The van der Waals surface area contributed by atoms with Crippen LogP contribution in [0.4, 0.5) is 10.3 Å². The molecule has 7 nitrogen and oxygen atoms in total. The van der Waals surface area contributed by atoms with E-state index in [4.69, 9.17) is 0 Å². The molecule has 1 aromatic heterocycles. The first-order valence-corrected chi connectivity index (χ1v) is 11.5. The molecule has 2 amide bonds. The van der Waals surface area contributed by atoms with Crippen molar-refractivity contribution in [3.05, 3.63) is 0 Å². The predicted octanol–water partition coefficient (Wildman–Crippen LogP) is 2.82. The van der Waals surface area contributed by atoms with E-state index in [9.17, 15) is 9.59 Å². The first-order chi connectivity index (χ1) is 13.5. The first-order valence-electron chi connectivity index (χ1n) is 10.7. The largest absolute Gasteiger partial charge is 0.353 e. The van der Waals surface area contributed by atoms with Gasteiger partial charge in [0.1, 0.15) is 0 Å². The second kappa shape index (κ2) is 8.35. The van der Waals surface area contributed by atoms with E-state index in [0.717, 1.165) is 43.9 Å². The van der Waals surface area contributed by atoms with Crippen molar-refractivity contribution in [3.8, 4) is 0 Å². The minimum Gasteiger partial charge on any atom is -0.353 e. The molecule has 2 aliphatic heterocycles. The minimum absolute atomic E-state index is 0.000971. The Kier molecular flexibility index (Phi) is 5.85. The van der Waals surface area contributed by atoms with Gasteiger partial charge in [-0.2, -0.15) is 0 Å². The molecule has 1 aromatic rings. The Morgan fingerprint density at radius 3 is 2.68 bits per heavy atom. The molecule has 3 heterocycles. The maximum atomic E-state index is 12.9. The number of aromatic nitrogens is 2. The molecule has 4 rings (SSSR count). The van der Waals surface area contributed by atoms with E-state index < -0.39 is 0 Å². The molecule has 1 saturated carbocycles. The minimum atomic E-state index is -0.000971. The number of nitrogens with one attached hydrogen (secondary N) is 1. The van der Waals surface area contributed by atoms with Gasteiger partial charge in [-0.05, 0) is 37.5 Å². The normalized spacial score (nSPS) is 31.3. The van der Waals surface area contributed by atoms with E-state index in [-0.39, 0.29) is 17.7 Å². The standard InChI is InChI=1S/C20H31N5O2S/c1-13-6-3-8-16(14(13)2)21-18(27)15-7-4-10-24(12-15)19-22-23-20(28-19)25-11-5-9-17(25)26/h13-16H,3-12H2,1-2H3,(H,21,27)/t13-,14-,15+,16+/m1/s1. The maximum absolute atomic E-state index is 12.9. The highest BCUT2D eigenvalue weighted by atomic mass is 32.1. The van der Waals surface area contributed by atoms with E-state index in [2.05, 4.69) is 34.3 Å². The van der Waals surface area contributed by atoms with Crippen LogP contribution in [0.3, 0.4) is 0 Å². The molecule has 0 radical (unpaired) electrons. The zero-order valence-corrected chi connectivity index (χ0v) is 17.7. The van der Waals surface area contributed by atoms with Crippen LogP contribution in [0.1, 0.15) is 58.8 Å². The zero-order chi connectivity index (χ0) is 19.7. The number of carbonyl (C=O) groups is 2. The van der Waals surface area contributed by atoms with E-state index in [0.29, 0.717) is 36.0 Å². The van der Waals surface area contributed by atoms with E-state index in [1.165, 1.54) is 24.2 Å². The third kappa shape index (κ3) is 4.02. The van der Waals surface area contributed by atoms with Gasteiger partial charge in [-0.3, -0.25) is 14.5 Å². The topological polar surface area (TPSA) is 78.4 Å². The van der Waals surface area contributed by atoms with Gasteiger partial charge in [0.05, 0.1) is 5.92 Å². The lowest BCUT2D eigenvalue weighted by Crippen LogP contribution is -2.49. The Hall–Kier alpha value is -1.70. The summed E-state index contributed by atoms with van der Waals surface area (Å²) in [7, 11) is 0. The number of rotatable bonds is 4. The van der Waals surface area contributed by atoms with Gasteiger partial charge in [0, 0.05) is 32.1 Å². The summed E-state index contributed by atoms with van der Waals surface area (Å²) in [6.07, 6.45) is 6.95. The molecule has 0 unspecified atom stereocenters. The highest BCUT2D eigenvalue weighted by Crippen LogP contribution is 2.33. The molecule has 0 aromatic carbocycles. The Bertz CT molecular complexity index is 723. The van der Waals surface area contributed by atoms with Gasteiger partial charge in [-0.25, -0.2) is 0 Å². The van der Waals surface area contributed by atoms with Gasteiger partial charge in [-0.15, -0.1) is 10.2 Å². The van der Waals surface area contributed by atoms with Crippen LogP contribution in [0, 0.1) is 17.8 Å². The lowest BCUT2D eigenvalue weighted by Gasteiger charge is -2.37. The molecule has 3 fully saturated rings. The van der Waals surface area contributed by atoms with Gasteiger partial charge < -0.3 is 10.2 Å². The second-order valence-electron chi connectivity index (χ2n) is 8.68. The Balaban J connectivity index is 1.37. The summed E-state index contributed by atoms with van der Waals surface area (Å²) < 4.78 is 0. The number of anilines is 2. The number of hydrogen-bond acceptors (Lipinski definition) is 6. The van der Waals surface area contributed by atoms with Gasteiger partial charge in [0.25, 0.3) is 0 Å². The summed E-state index contributed by atoms with van der Waals surface area (Å²) in [5.74, 6) is 1.54. The molecular weight excluding hydrogens is 374 g/mol. The summed E-state index contributed by atoms with van der Waals surface area (Å²) in [6.45, 7) is 6.87. The molecule has 0 bridgehead atoms.